The molecule has 10 heteroatoms. The van der Waals surface area contributed by atoms with Crippen LogP contribution in [0.4, 0.5) is 5.69 Å². The van der Waals surface area contributed by atoms with E-state index in [-0.39, 0.29) is 17.2 Å². The van der Waals surface area contributed by atoms with Gasteiger partial charge in [-0.05, 0) is 48.6 Å². The Bertz CT molecular complexity index is 1300. The molecule has 146 valence electrons. The highest BCUT2D eigenvalue weighted by Crippen LogP contribution is 2.25. The minimum Gasteiger partial charge on any atom is -0.325 e. The van der Waals surface area contributed by atoms with Crippen LogP contribution in [0, 0.1) is 3.95 Å². The second-order valence-electron chi connectivity index (χ2n) is 5.91. The van der Waals surface area contributed by atoms with Crippen LogP contribution in [0.5, 0.6) is 0 Å². The lowest BCUT2D eigenvalue weighted by molar-refractivity contribution is -0.113. The molecule has 0 saturated carbocycles. The SMILES string of the molecule is O=C(CSc1nc2c(sc(=S)n2-c2ccc(Cl)cc2)c(=O)[nH]1)Nc1ccccc1. The van der Waals surface area contributed by atoms with Crippen molar-refractivity contribution in [3.05, 3.63) is 73.9 Å². The average molecular weight is 461 g/mol. The predicted octanol–water partition coefficient (Wildman–Crippen LogP) is 4.89. The Kier molecular flexibility index (Phi) is 5.81. The number of benzene rings is 2. The summed E-state index contributed by atoms with van der Waals surface area (Å²) in [7, 11) is 0. The van der Waals surface area contributed by atoms with E-state index >= 15 is 0 Å². The molecule has 0 bridgehead atoms. The van der Waals surface area contributed by atoms with Crippen LogP contribution in [0.15, 0.2) is 64.5 Å². The molecule has 2 heterocycles. The summed E-state index contributed by atoms with van der Waals surface area (Å²) in [6, 6.07) is 16.3. The standard InChI is InChI=1S/C19H13ClN4O2S3/c20-11-6-8-13(9-7-11)24-16-15(29-19(24)27)17(26)23-18(22-16)28-10-14(25)21-12-4-2-1-3-5-12/h1-9H,10H2,(H,21,25)(H,22,23,26). The number of halogens is 1. The van der Waals surface area contributed by atoms with Gasteiger partial charge in [0, 0.05) is 16.4 Å². The van der Waals surface area contributed by atoms with E-state index in [9.17, 15) is 9.59 Å². The highest BCUT2D eigenvalue weighted by atomic mass is 35.5. The fourth-order valence-electron chi connectivity index (χ4n) is 2.63. The molecule has 0 spiro atoms. The molecule has 0 aliphatic rings. The van der Waals surface area contributed by atoms with Crippen molar-refractivity contribution in [1.82, 2.24) is 14.5 Å². The zero-order chi connectivity index (χ0) is 20.4. The minimum absolute atomic E-state index is 0.106. The summed E-state index contributed by atoms with van der Waals surface area (Å²) in [4.78, 5) is 31.9. The minimum atomic E-state index is -0.287. The molecule has 0 unspecified atom stereocenters. The lowest BCUT2D eigenvalue weighted by atomic mass is 10.3. The Morgan fingerprint density at radius 2 is 1.93 bits per heavy atom. The Morgan fingerprint density at radius 3 is 2.66 bits per heavy atom. The highest BCUT2D eigenvalue weighted by molar-refractivity contribution is 7.99. The first-order valence-corrected chi connectivity index (χ1v) is 11.0. The number of nitrogens with one attached hydrogen (secondary N) is 2. The molecule has 4 rings (SSSR count). The van der Waals surface area contributed by atoms with Gasteiger partial charge in [-0.1, -0.05) is 52.9 Å². The maximum Gasteiger partial charge on any atom is 0.271 e. The van der Waals surface area contributed by atoms with Gasteiger partial charge in [-0.25, -0.2) is 4.98 Å². The molecule has 4 aromatic rings. The topological polar surface area (TPSA) is 79.8 Å². The van der Waals surface area contributed by atoms with Crippen LogP contribution in [0.3, 0.4) is 0 Å². The van der Waals surface area contributed by atoms with E-state index in [1.165, 1.54) is 11.3 Å². The summed E-state index contributed by atoms with van der Waals surface area (Å²) in [6.45, 7) is 0. The molecular weight excluding hydrogens is 448 g/mol. The maximum absolute atomic E-state index is 12.5. The van der Waals surface area contributed by atoms with Gasteiger partial charge >= 0.3 is 0 Å². The van der Waals surface area contributed by atoms with E-state index in [4.69, 9.17) is 23.8 Å². The van der Waals surface area contributed by atoms with Crippen molar-refractivity contribution < 1.29 is 4.79 Å². The van der Waals surface area contributed by atoms with Gasteiger partial charge in [0.15, 0.2) is 14.8 Å². The average Bonchev–Trinajstić information content (AvgIpc) is 3.04. The molecule has 2 N–H and O–H groups in total. The number of hydrogen-bond acceptors (Lipinski definition) is 6. The Morgan fingerprint density at radius 1 is 1.21 bits per heavy atom. The number of fused-ring (bicyclic) bond motifs is 1. The van der Waals surface area contributed by atoms with Gasteiger partial charge in [-0.15, -0.1) is 0 Å². The van der Waals surface area contributed by atoms with E-state index in [0.717, 1.165) is 17.4 Å². The molecule has 2 aromatic heterocycles. The first kappa shape index (κ1) is 19.8. The number of para-hydroxylation sites is 1. The lowest BCUT2D eigenvalue weighted by Gasteiger charge is -2.06. The smallest absolute Gasteiger partial charge is 0.271 e. The molecule has 6 nitrogen and oxygen atoms in total. The van der Waals surface area contributed by atoms with Gasteiger partial charge in [-0.3, -0.25) is 14.2 Å². The zero-order valence-electron chi connectivity index (χ0n) is 14.7. The first-order chi connectivity index (χ1) is 14.0. The van der Waals surface area contributed by atoms with E-state index in [2.05, 4.69) is 15.3 Å². The van der Waals surface area contributed by atoms with Gasteiger partial charge in [0.2, 0.25) is 5.91 Å². The summed E-state index contributed by atoms with van der Waals surface area (Å²) in [5, 5.41) is 3.75. The third kappa shape index (κ3) is 4.43. The van der Waals surface area contributed by atoms with Crippen LogP contribution in [0.1, 0.15) is 0 Å². The molecule has 0 aliphatic carbocycles. The Balaban J connectivity index is 1.62. The fourth-order valence-corrected chi connectivity index (χ4v) is 4.69. The van der Waals surface area contributed by atoms with Crippen molar-refractivity contribution in [2.24, 2.45) is 0 Å². The van der Waals surface area contributed by atoms with Gasteiger partial charge in [-0.2, -0.15) is 0 Å². The van der Waals surface area contributed by atoms with Crippen LogP contribution in [-0.4, -0.2) is 26.2 Å². The van der Waals surface area contributed by atoms with Crippen molar-refractivity contribution in [3.63, 3.8) is 0 Å². The number of rotatable bonds is 5. The van der Waals surface area contributed by atoms with Gasteiger partial charge in [0.05, 0.1) is 5.75 Å². The number of amides is 1. The van der Waals surface area contributed by atoms with Crippen molar-refractivity contribution in [2.45, 2.75) is 5.16 Å². The number of thioether (sulfide) groups is 1. The third-order valence-electron chi connectivity index (χ3n) is 3.90. The van der Waals surface area contributed by atoms with Crippen LogP contribution in [-0.2, 0) is 4.79 Å². The van der Waals surface area contributed by atoms with E-state index < -0.39 is 0 Å². The summed E-state index contributed by atoms with van der Waals surface area (Å²) >= 11 is 13.7. The lowest BCUT2D eigenvalue weighted by Crippen LogP contribution is -2.15. The van der Waals surface area contributed by atoms with Crippen molar-refractivity contribution in [1.29, 1.82) is 0 Å². The number of carbonyl (C=O) groups is 1. The van der Waals surface area contributed by atoms with E-state index in [0.29, 0.717) is 30.2 Å². The number of aromatic nitrogens is 3. The van der Waals surface area contributed by atoms with Crippen LogP contribution in [0.2, 0.25) is 5.02 Å². The zero-order valence-corrected chi connectivity index (χ0v) is 17.9. The van der Waals surface area contributed by atoms with Crippen LogP contribution < -0.4 is 10.9 Å². The quantitative estimate of drug-likeness (QED) is 0.252. The molecule has 2 aromatic carbocycles. The van der Waals surface area contributed by atoms with Gasteiger partial charge in [0.1, 0.15) is 4.70 Å². The number of nitrogens with zero attached hydrogens (tertiary/aromatic N) is 2. The molecule has 1 amide bonds. The maximum atomic E-state index is 12.5. The largest absolute Gasteiger partial charge is 0.325 e. The third-order valence-corrected chi connectivity index (χ3v) is 6.39. The predicted molar refractivity (Wildman–Crippen MR) is 121 cm³/mol. The summed E-state index contributed by atoms with van der Waals surface area (Å²) in [5.74, 6) is -0.0846. The second-order valence-corrected chi connectivity index (χ2v) is 8.95. The summed E-state index contributed by atoms with van der Waals surface area (Å²) in [5.41, 5.74) is 1.65. The Hall–Kier alpha value is -2.46. The molecule has 0 aliphatic heterocycles. The van der Waals surface area contributed by atoms with Crippen molar-refractivity contribution >= 4 is 68.9 Å². The number of hydrogen-bond donors (Lipinski definition) is 2. The number of thiazole rings is 1. The van der Waals surface area contributed by atoms with E-state index in [1.54, 1.807) is 28.8 Å². The number of anilines is 1. The molecule has 0 atom stereocenters. The number of carbonyl (C=O) groups excluding carboxylic acids is 1. The van der Waals surface area contributed by atoms with Crippen molar-refractivity contribution in [2.75, 3.05) is 11.1 Å². The fraction of sp³-hybridized carbons (Fsp3) is 0.0526. The first-order valence-electron chi connectivity index (χ1n) is 8.41. The van der Waals surface area contributed by atoms with Gasteiger partial charge in [0.25, 0.3) is 5.56 Å². The highest BCUT2D eigenvalue weighted by Gasteiger charge is 2.14. The normalized spacial score (nSPS) is 10.9. The monoisotopic (exact) mass is 460 g/mol. The molecule has 0 saturated heterocycles. The molecule has 0 fully saturated rings. The van der Waals surface area contributed by atoms with Crippen LogP contribution >= 0.6 is 46.9 Å². The number of aromatic amines is 1. The summed E-state index contributed by atoms with van der Waals surface area (Å²) in [6.07, 6.45) is 0. The van der Waals surface area contributed by atoms with Gasteiger partial charge < -0.3 is 10.3 Å². The van der Waals surface area contributed by atoms with E-state index in [1.807, 2.05) is 30.3 Å². The second kappa shape index (κ2) is 8.50. The number of H-pyrrole nitrogens is 1. The molecular formula is C19H13ClN4O2S3. The van der Waals surface area contributed by atoms with Crippen LogP contribution in [0.25, 0.3) is 16.0 Å². The Labute approximate surface area is 183 Å². The summed E-state index contributed by atoms with van der Waals surface area (Å²) < 4.78 is 2.67. The molecule has 0 radical (unpaired) electrons. The van der Waals surface area contributed by atoms with Crippen molar-refractivity contribution in [3.8, 4) is 5.69 Å². The molecule has 29 heavy (non-hydrogen) atoms.